The summed E-state index contributed by atoms with van der Waals surface area (Å²) in [7, 11) is 5.71. The molecule has 0 aliphatic carbocycles. The quantitative estimate of drug-likeness (QED) is 0.770. The number of benzene rings is 1. The second-order valence-electron chi connectivity index (χ2n) is 6.37. The standard InChI is InChI=1S/C17H20BNO6/c1-9(2)22-16(20)19-13(8-11-4-6-12(18)7-5-11)14(25-17(19)21)15-23-10(3)24-15/h4-7,9-10,13-15H,8H2,1-3H3/t10?,13-,14+,15?/m1/s1. The van der Waals surface area contributed by atoms with Crippen LogP contribution >= 0.6 is 0 Å². The van der Waals surface area contributed by atoms with Crippen molar-refractivity contribution in [3.05, 3.63) is 29.8 Å². The smallest absolute Gasteiger partial charge is 0.420 e. The molecule has 2 radical (unpaired) electrons. The molecule has 0 unspecified atom stereocenters. The van der Waals surface area contributed by atoms with E-state index in [0.717, 1.165) is 10.5 Å². The zero-order valence-corrected chi connectivity index (χ0v) is 14.4. The molecule has 2 atom stereocenters. The van der Waals surface area contributed by atoms with Crippen LogP contribution in [0.5, 0.6) is 0 Å². The minimum Gasteiger partial charge on any atom is -0.446 e. The van der Waals surface area contributed by atoms with Crippen molar-refractivity contribution in [2.24, 2.45) is 0 Å². The monoisotopic (exact) mass is 345 g/mol. The predicted molar refractivity (Wildman–Crippen MR) is 88.5 cm³/mol. The fraction of sp³-hybridized carbons (Fsp3) is 0.529. The van der Waals surface area contributed by atoms with Gasteiger partial charge in [0, 0.05) is 0 Å². The van der Waals surface area contributed by atoms with Gasteiger partial charge in [-0.3, -0.25) is 0 Å². The van der Waals surface area contributed by atoms with E-state index in [1.807, 2.05) is 12.1 Å². The van der Waals surface area contributed by atoms with E-state index in [1.54, 1.807) is 32.9 Å². The van der Waals surface area contributed by atoms with E-state index in [2.05, 4.69) is 0 Å². The lowest BCUT2D eigenvalue weighted by Gasteiger charge is -2.38. The lowest BCUT2D eigenvalue weighted by molar-refractivity contribution is -0.397. The summed E-state index contributed by atoms with van der Waals surface area (Å²) in [5, 5.41) is 0. The summed E-state index contributed by atoms with van der Waals surface area (Å²) in [6, 6.07) is 6.60. The number of imide groups is 1. The van der Waals surface area contributed by atoms with E-state index in [9.17, 15) is 9.59 Å². The van der Waals surface area contributed by atoms with Gasteiger partial charge in [0.25, 0.3) is 0 Å². The molecule has 0 saturated carbocycles. The number of cyclic esters (lactones) is 1. The van der Waals surface area contributed by atoms with Crippen LogP contribution < -0.4 is 5.46 Å². The minimum absolute atomic E-state index is 0.354. The Labute approximate surface area is 147 Å². The molecule has 2 saturated heterocycles. The van der Waals surface area contributed by atoms with Gasteiger partial charge in [0.15, 0.2) is 12.4 Å². The highest BCUT2D eigenvalue weighted by Gasteiger charge is 2.53. The van der Waals surface area contributed by atoms with Crippen LogP contribution in [-0.4, -0.2) is 55.8 Å². The first-order chi connectivity index (χ1) is 11.8. The van der Waals surface area contributed by atoms with E-state index < -0.39 is 30.6 Å². The van der Waals surface area contributed by atoms with Crippen molar-refractivity contribution in [2.45, 2.75) is 58.0 Å². The minimum atomic E-state index is -0.761. The summed E-state index contributed by atoms with van der Waals surface area (Å²) in [6.45, 7) is 5.17. The number of carbonyl (C=O) groups is 2. The number of amides is 2. The van der Waals surface area contributed by atoms with Crippen molar-refractivity contribution in [1.29, 1.82) is 0 Å². The number of nitrogens with zero attached hydrogens (tertiary/aromatic N) is 1. The second-order valence-corrected chi connectivity index (χ2v) is 6.37. The Hall–Kier alpha value is -2.06. The molecule has 2 heterocycles. The Bertz CT molecular complexity index is 643. The van der Waals surface area contributed by atoms with Crippen molar-refractivity contribution < 1.29 is 28.5 Å². The van der Waals surface area contributed by atoms with Gasteiger partial charge in [-0.15, -0.1) is 0 Å². The van der Waals surface area contributed by atoms with Crippen LogP contribution in [0.3, 0.4) is 0 Å². The summed E-state index contributed by atoms with van der Waals surface area (Å²) in [6.07, 6.45) is -3.26. The van der Waals surface area contributed by atoms with Crippen LogP contribution in [0, 0.1) is 0 Å². The number of carbonyl (C=O) groups excluding carboxylic acids is 2. The summed E-state index contributed by atoms with van der Waals surface area (Å²) < 4.78 is 21.5. The van der Waals surface area contributed by atoms with Crippen LogP contribution in [0.2, 0.25) is 0 Å². The maximum atomic E-state index is 12.4. The normalized spacial score (nSPS) is 28.6. The number of rotatable bonds is 4. The molecule has 3 rings (SSSR count). The molecule has 2 amide bonds. The largest absolute Gasteiger partial charge is 0.446 e. The molecule has 2 fully saturated rings. The van der Waals surface area contributed by atoms with Crippen molar-refractivity contribution in [3.63, 3.8) is 0 Å². The molecule has 1 aromatic carbocycles. The molecule has 0 aromatic heterocycles. The fourth-order valence-corrected chi connectivity index (χ4v) is 2.88. The zero-order valence-electron chi connectivity index (χ0n) is 14.4. The van der Waals surface area contributed by atoms with Crippen molar-refractivity contribution >= 4 is 25.5 Å². The highest BCUT2D eigenvalue weighted by atomic mass is 16.9. The highest BCUT2D eigenvalue weighted by Crippen LogP contribution is 2.32. The van der Waals surface area contributed by atoms with E-state index >= 15 is 0 Å². The summed E-state index contributed by atoms with van der Waals surface area (Å²) in [4.78, 5) is 25.6. The number of ether oxygens (including phenoxy) is 4. The topological polar surface area (TPSA) is 74.3 Å². The van der Waals surface area contributed by atoms with Gasteiger partial charge >= 0.3 is 12.2 Å². The lowest BCUT2D eigenvalue weighted by atomic mass is 9.93. The van der Waals surface area contributed by atoms with Gasteiger partial charge in [-0.25, -0.2) is 14.5 Å². The van der Waals surface area contributed by atoms with Crippen molar-refractivity contribution in [2.75, 3.05) is 0 Å². The molecule has 8 heteroatoms. The average Bonchev–Trinajstić information content (AvgIpc) is 2.82. The van der Waals surface area contributed by atoms with Gasteiger partial charge in [0.2, 0.25) is 6.29 Å². The predicted octanol–water partition coefficient (Wildman–Crippen LogP) is 1.48. The van der Waals surface area contributed by atoms with E-state index in [4.69, 9.17) is 26.8 Å². The summed E-state index contributed by atoms with van der Waals surface area (Å²) in [5.41, 5.74) is 1.53. The van der Waals surface area contributed by atoms with Crippen LogP contribution in [0.15, 0.2) is 24.3 Å². The molecule has 2 aliphatic rings. The molecule has 25 heavy (non-hydrogen) atoms. The van der Waals surface area contributed by atoms with Crippen molar-refractivity contribution in [3.8, 4) is 0 Å². The molecule has 132 valence electrons. The third kappa shape index (κ3) is 3.80. The van der Waals surface area contributed by atoms with Gasteiger partial charge < -0.3 is 18.9 Å². The zero-order chi connectivity index (χ0) is 18.1. The van der Waals surface area contributed by atoms with Crippen LogP contribution in [-0.2, 0) is 25.4 Å². The van der Waals surface area contributed by atoms with Crippen molar-refractivity contribution in [1.82, 2.24) is 4.90 Å². The summed E-state index contributed by atoms with van der Waals surface area (Å²) in [5.74, 6) is 0. The highest BCUT2D eigenvalue weighted by molar-refractivity contribution is 6.32. The van der Waals surface area contributed by atoms with Crippen LogP contribution in [0.1, 0.15) is 26.3 Å². The lowest BCUT2D eigenvalue weighted by Crippen LogP contribution is -2.53. The number of hydrogen-bond donors (Lipinski definition) is 0. The van der Waals surface area contributed by atoms with Gasteiger partial charge in [0.05, 0.1) is 12.1 Å². The third-order valence-corrected chi connectivity index (χ3v) is 4.02. The number of hydrogen-bond acceptors (Lipinski definition) is 6. The average molecular weight is 345 g/mol. The molecular formula is C17H20BNO6. The van der Waals surface area contributed by atoms with E-state index in [-0.39, 0.29) is 12.4 Å². The molecule has 1 aromatic rings. The first kappa shape index (κ1) is 17.8. The Morgan fingerprint density at radius 2 is 1.92 bits per heavy atom. The van der Waals surface area contributed by atoms with E-state index in [0.29, 0.717) is 11.9 Å². The second kappa shape index (κ2) is 7.05. The van der Waals surface area contributed by atoms with Gasteiger partial charge in [0.1, 0.15) is 7.85 Å². The molecule has 0 spiro atoms. The van der Waals surface area contributed by atoms with Gasteiger partial charge in [-0.05, 0) is 32.8 Å². The van der Waals surface area contributed by atoms with Crippen LogP contribution in [0.25, 0.3) is 0 Å². The molecule has 7 nitrogen and oxygen atoms in total. The first-order valence-corrected chi connectivity index (χ1v) is 8.21. The van der Waals surface area contributed by atoms with Crippen LogP contribution in [0.4, 0.5) is 9.59 Å². The Balaban J connectivity index is 1.82. The van der Waals surface area contributed by atoms with Gasteiger partial charge in [-0.1, -0.05) is 29.7 Å². The molecular weight excluding hydrogens is 325 g/mol. The first-order valence-electron chi connectivity index (χ1n) is 8.21. The maximum Gasteiger partial charge on any atom is 0.420 e. The Morgan fingerprint density at radius 3 is 2.48 bits per heavy atom. The summed E-state index contributed by atoms with van der Waals surface area (Å²) >= 11 is 0. The molecule has 0 N–H and O–H groups in total. The maximum absolute atomic E-state index is 12.4. The van der Waals surface area contributed by atoms with E-state index in [1.165, 1.54) is 0 Å². The molecule has 2 aliphatic heterocycles. The molecule has 0 bridgehead atoms. The fourth-order valence-electron chi connectivity index (χ4n) is 2.88. The SMILES string of the molecule is [B]c1ccc(C[C@@H]2[C@@H](C3OC(C)O3)OC(=O)N2C(=O)OC(C)C)cc1. The van der Waals surface area contributed by atoms with Gasteiger partial charge in [-0.2, -0.15) is 0 Å². The third-order valence-electron chi connectivity index (χ3n) is 4.02. The Kier molecular flexibility index (Phi) is 5.01. The Morgan fingerprint density at radius 1 is 1.28 bits per heavy atom.